The number of nitriles is 1. The molecule has 0 aromatic carbocycles. The maximum absolute atomic E-state index is 11.8. The van der Waals surface area contributed by atoms with Gasteiger partial charge in [0, 0.05) is 39.5 Å². The molecule has 1 rings (SSSR count). The van der Waals surface area contributed by atoms with Crippen molar-refractivity contribution in [2.75, 3.05) is 26.2 Å². The SMILES string of the molecule is CC(=O)N(CCC#N)CCCN1CCCCCC1=O. The first-order chi connectivity index (χ1) is 9.15. The van der Waals surface area contributed by atoms with Crippen LogP contribution in [0.1, 0.15) is 45.4 Å². The van der Waals surface area contributed by atoms with E-state index in [9.17, 15) is 9.59 Å². The van der Waals surface area contributed by atoms with Crippen molar-refractivity contribution < 1.29 is 9.59 Å². The van der Waals surface area contributed by atoms with Crippen LogP contribution < -0.4 is 0 Å². The first-order valence-corrected chi connectivity index (χ1v) is 7.05. The molecule has 106 valence electrons. The Kier molecular flexibility index (Phi) is 6.94. The molecule has 1 aliphatic heterocycles. The van der Waals surface area contributed by atoms with Gasteiger partial charge < -0.3 is 9.80 Å². The average molecular weight is 265 g/mol. The normalized spacial score (nSPS) is 15.8. The summed E-state index contributed by atoms with van der Waals surface area (Å²) in [5.74, 6) is 0.237. The highest BCUT2D eigenvalue weighted by Crippen LogP contribution is 2.11. The van der Waals surface area contributed by atoms with Crippen LogP contribution in [-0.4, -0.2) is 47.8 Å². The van der Waals surface area contributed by atoms with Gasteiger partial charge in [0.2, 0.25) is 11.8 Å². The third kappa shape index (κ3) is 5.73. The fraction of sp³-hybridized carbons (Fsp3) is 0.786. The minimum absolute atomic E-state index is 0.00237. The van der Waals surface area contributed by atoms with Crippen molar-refractivity contribution in [3.8, 4) is 6.07 Å². The molecular formula is C14H23N3O2. The minimum Gasteiger partial charge on any atom is -0.343 e. The molecule has 0 spiro atoms. The van der Waals surface area contributed by atoms with E-state index < -0.39 is 0 Å². The van der Waals surface area contributed by atoms with Crippen LogP contribution in [0.3, 0.4) is 0 Å². The van der Waals surface area contributed by atoms with Crippen molar-refractivity contribution in [1.29, 1.82) is 5.26 Å². The molecule has 19 heavy (non-hydrogen) atoms. The predicted octanol–water partition coefficient (Wildman–Crippen LogP) is 1.54. The highest BCUT2D eigenvalue weighted by molar-refractivity contribution is 5.76. The van der Waals surface area contributed by atoms with Crippen LogP contribution in [0.5, 0.6) is 0 Å². The summed E-state index contributed by atoms with van der Waals surface area (Å²) in [5.41, 5.74) is 0. The smallest absolute Gasteiger partial charge is 0.222 e. The largest absolute Gasteiger partial charge is 0.343 e. The Morgan fingerprint density at radius 2 is 2.16 bits per heavy atom. The van der Waals surface area contributed by atoms with Gasteiger partial charge in [0.05, 0.1) is 12.5 Å². The van der Waals surface area contributed by atoms with Gasteiger partial charge in [-0.2, -0.15) is 5.26 Å². The molecule has 0 aliphatic carbocycles. The molecule has 0 saturated carbocycles. The molecule has 1 aliphatic rings. The number of hydrogen-bond acceptors (Lipinski definition) is 3. The van der Waals surface area contributed by atoms with E-state index in [4.69, 9.17) is 5.26 Å². The average Bonchev–Trinajstić information content (AvgIpc) is 2.58. The van der Waals surface area contributed by atoms with Crippen LogP contribution in [0, 0.1) is 11.3 Å². The molecular weight excluding hydrogens is 242 g/mol. The van der Waals surface area contributed by atoms with E-state index in [1.807, 2.05) is 11.0 Å². The van der Waals surface area contributed by atoms with Crippen molar-refractivity contribution in [2.24, 2.45) is 0 Å². The molecule has 0 unspecified atom stereocenters. The van der Waals surface area contributed by atoms with E-state index in [0.717, 1.165) is 38.8 Å². The van der Waals surface area contributed by atoms with Crippen molar-refractivity contribution in [3.63, 3.8) is 0 Å². The number of amides is 2. The topological polar surface area (TPSA) is 64.4 Å². The summed E-state index contributed by atoms with van der Waals surface area (Å²) >= 11 is 0. The maximum atomic E-state index is 11.8. The Morgan fingerprint density at radius 3 is 2.84 bits per heavy atom. The lowest BCUT2D eigenvalue weighted by atomic mass is 10.2. The third-order valence-corrected chi connectivity index (χ3v) is 3.47. The molecule has 1 saturated heterocycles. The Morgan fingerprint density at radius 1 is 1.37 bits per heavy atom. The number of hydrogen-bond donors (Lipinski definition) is 0. The molecule has 5 heteroatoms. The highest BCUT2D eigenvalue weighted by Gasteiger charge is 2.16. The van der Waals surface area contributed by atoms with Crippen LogP contribution in [0.2, 0.25) is 0 Å². The van der Waals surface area contributed by atoms with Gasteiger partial charge >= 0.3 is 0 Å². The number of nitrogens with zero attached hydrogens (tertiary/aromatic N) is 3. The van der Waals surface area contributed by atoms with Crippen molar-refractivity contribution in [1.82, 2.24) is 9.80 Å². The number of carbonyl (C=O) groups is 2. The Balaban J connectivity index is 2.32. The van der Waals surface area contributed by atoms with Crippen molar-refractivity contribution in [3.05, 3.63) is 0 Å². The van der Waals surface area contributed by atoms with Gasteiger partial charge in [-0.3, -0.25) is 9.59 Å². The zero-order valence-corrected chi connectivity index (χ0v) is 11.7. The second kappa shape index (κ2) is 8.52. The quantitative estimate of drug-likeness (QED) is 0.731. The maximum Gasteiger partial charge on any atom is 0.222 e. The summed E-state index contributed by atoms with van der Waals surface area (Å²) in [7, 11) is 0. The second-order valence-electron chi connectivity index (χ2n) is 4.96. The van der Waals surface area contributed by atoms with Crippen LogP contribution >= 0.6 is 0 Å². The minimum atomic E-state index is -0.00237. The van der Waals surface area contributed by atoms with Gasteiger partial charge in [0.1, 0.15) is 0 Å². The second-order valence-corrected chi connectivity index (χ2v) is 4.96. The summed E-state index contributed by atoms with van der Waals surface area (Å²) < 4.78 is 0. The Labute approximate surface area is 115 Å². The monoisotopic (exact) mass is 265 g/mol. The summed E-state index contributed by atoms with van der Waals surface area (Å²) in [6.45, 7) is 4.20. The van der Waals surface area contributed by atoms with Crippen molar-refractivity contribution in [2.45, 2.75) is 45.4 Å². The van der Waals surface area contributed by atoms with Crippen LogP contribution in [0.4, 0.5) is 0 Å². The van der Waals surface area contributed by atoms with E-state index in [-0.39, 0.29) is 11.8 Å². The Hall–Kier alpha value is -1.57. The molecule has 2 amide bonds. The van der Waals surface area contributed by atoms with Crippen LogP contribution in [0.25, 0.3) is 0 Å². The summed E-state index contributed by atoms with van der Waals surface area (Å²) in [6, 6.07) is 2.05. The third-order valence-electron chi connectivity index (χ3n) is 3.47. The molecule has 0 N–H and O–H groups in total. The van der Waals surface area contributed by atoms with E-state index in [0.29, 0.717) is 25.9 Å². The van der Waals surface area contributed by atoms with Crippen LogP contribution in [0.15, 0.2) is 0 Å². The lowest BCUT2D eigenvalue weighted by molar-refractivity contribution is -0.130. The predicted molar refractivity (Wildman–Crippen MR) is 72.1 cm³/mol. The summed E-state index contributed by atoms with van der Waals surface area (Å²) in [4.78, 5) is 26.8. The molecule has 0 radical (unpaired) electrons. The van der Waals surface area contributed by atoms with E-state index >= 15 is 0 Å². The van der Waals surface area contributed by atoms with Gasteiger partial charge in [0.15, 0.2) is 0 Å². The van der Waals surface area contributed by atoms with E-state index in [1.165, 1.54) is 6.92 Å². The molecule has 0 bridgehead atoms. The van der Waals surface area contributed by atoms with Crippen LogP contribution in [-0.2, 0) is 9.59 Å². The fourth-order valence-corrected chi connectivity index (χ4v) is 2.34. The number of carbonyl (C=O) groups excluding carboxylic acids is 2. The first-order valence-electron chi connectivity index (χ1n) is 7.05. The van der Waals surface area contributed by atoms with Gasteiger partial charge in [-0.15, -0.1) is 0 Å². The number of rotatable bonds is 6. The lowest BCUT2D eigenvalue weighted by Gasteiger charge is -2.24. The van der Waals surface area contributed by atoms with Gasteiger partial charge in [0.25, 0.3) is 0 Å². The molecule has 1 fully saturated rings. The van der Waals surface area contributed by atoms with E-state index in [1.54, 1.807) is 4.90 Å². The zero-order valence-electron chi connectivity index (χ0n) is 11.7. The molecule has 5 nitrogen and oxygen atoms in total. The molecule has 0 aromatic heterocycles. The highest BCUT2D eigenvalue weighted by atomic mass is 16.2. The number of likely N-dealkylation sites (tertiary alicyclic amines) is 1. The summed E-state index contributed by atoms with van der Waals surface area (Å²) in [6.07, 6.45) is 5.02. The molecule has 0 atom stereocenters. The first kappa shape index (κ1) is 15.5. The van der Waals surface area contributed by atoms with Gasteiger partial charge in [-0.25, -0.2) is 0 Å². The van der Waals surface area contributed by atoms with Gasteiger partial charge in [-0.1, -0.05) is 6.42 Å². The Bertz CT molecular complexity index is 349. The zero-order chi connectivity index (χ0) is 14.1. The molecule has 0 aromatic rings. The van der Waals surface area contributed by atoms with Crippen molar-refractivity contribution >= 4 is 11.8 Å². The van der Waals surface area contributed by atoms with Gasteiger partial charge in [-0.05, 0) is 19.3 Å². The molecule has 1 heterocycles. The lowest BCUT2D eigenvalue weighted by Crippen LogP contribution is -2.35. The standard InChI is InChI=1S/C14H23N3O2/c1-13(18)16(10-5-8-15)11-6-12-17-9-4-2-3-7-14(17)19/h2-7,9-12H2,1H3. The summed E-state index contributed by atoms with van der Waals surface area (Å²) in [5, 5.41) is 8.55. The fourth-order valence-electron chi connectivity index (χ4n) is 2.34. The van der Waals surface area contributed by atoms with E-state index in [2.05, 4.69) is 0 Å².